The maximum atomic E-state index is 13.2. The van der Waals surface area contributed by atoms with Crippen molar-refractivity contribution < 1.29 is 9.90 Å². The van der Waals surface area contributed by atoms with E-state index in [-0.39, 0.29) is 23.3 Å². The van der Waals surface area contributed by atoms with E-state index < -0.39 is 6.10 Å². The topological polar surface area (TPSA) is 91.6 Å². The highest BCUT2D eigenvalue weighted by atomic mass is 32.1. The molecule has 29 heavy (non-hydrogen) atoms. The van der Waals surface area contributed by atoms with Gasteiger partial charge in [-0.1, -0.05) is 10.6 Å². The Hall–Kier alpha value is -2.10. The monoisotopic (exact) mass is 417 g/mol. The smallest absolute Gasteiger partial charge is 0.255 e. The number of carbonyl (C=O) groups is 1. The summed E-state index contributed by atoms with van der Waals surface area (Å²) in [6.45, 7) is 6.54. The van der Waals surface area contributed by atoms with Crippen LogP contribution in [0.25, 0.3) is 0 Å². The van der Waals surface area contributed by atoms with Crippen molar-refractivity contribution >= 4 is 17.4 Å². The maximum Gasteiger partial charge on any atom is 0.255 e. The number of rotatable bonds is 5. The summed E-state index contributed by atoms with van der Waals surface area (Å²) in [4.78, 5) is 30.4. The fourth-order valence-corrected chi connectivity index (χ4v) is 5.26. The van der Waals surface area contributed by atoms with E-state index in [0.29, 0.717) is 32.7 Å². The maximum absolute atomic E-state index is 13.2. The fourth-order valence-electron chi connectivity index (χ4n) is 4.54. The summed E-state index contributed by atoms with van der Waals surface area (Å²) < 4.78 is 5.88. The van der Waals surface area contributed by atoms with Gasteiger partial charge in [-0.15, -0.1) is 5.10 Å². The van der Waals surface area contributed by atoms with Crippen molar-refractivity contribution in [3.8, 4) is 0 Å². The molecule has 1 amide bonds. The predicted molar refractivity (Wildman–Crippen MR) is 110 cm³/mol. The number of pyridine rings is 1. The zero-order valence-electron chi connectivity index (χ0n) is 17.0. The van der Waals surface area contributed by atoms with Crippen LogP contribution >= 0.6 is 11.5 Å². The molecule has 2 aliphatic rings. The average molecular weight is 418 g/mol. The number of carbonyl (C=O) groups excluding carboxylic acids is 1. The van der Waals surface area contributed by atoms with E-state index in [2.05, 4.69) is 14.5 Å². The second kappa shape index (κ2) is 7.97. The van der Waals surface area contributed by atoms with E-state index in [0.717, 1.165) is 28.2 Å². The third-order valence-corrected chi connectivity index (χ3v) is 6.76. The molecule has 9 heteroatoms. The number of hydrogen-bond acceptors (Lipinski definition) is 7. The number of aryl methyl sites for hydroxylation is 1. The summed E-state index contributed by atoms with van der Waals surface area (Å²) >= 11 is 1.39. The number of amides is 1. The zero-order chi connectivity index (χ0) is 20.7. The molecule has 0 spiro atoms. The number of hydrogen-bond donors (Lipinski definition) is 1. The number of aliphatic hydroxyl groups is 1. The second-order valence-electron chi connectivity index (χ2n) is 8.37. The molecule has 0 aromatic carbocycles. The van der Waals surface area contributed by atoms with Gasteiger partial charge in [-0.05, 0) is 50.8 Å². The van der Waals surface area contributed by atoms with Crippen LogP contribution in [0.1, 0.15) is 41.1 Å². The largest absolute Gasteiger partial charge is 0.384 e. The first kappa shape index (κ1) is 20.2. The minimum Gasteiger partial charge on any atom is -0.384 e. The molecule has 1 saturated heterocycles. The van der Waals surface area contributed by atoms with Crippen LogP contribution in [-0.4, -0.2) is 61.2 Å². The molecule has 156 valence electrons. The van der Waals surface area contributed by atoms with Crippen LogP contribution in [0.4, 0.5) is 0 Å². The standard InChI is InChI=1S/C20H27N5O3S/c1-12-18(29-22-21-12)11-23(3)9-15-4-5-17-16-6-14(8-25(17)20(15)28)7-24(10-16)19(27)13(2)26/h4-5,13-14,16,26H,6-11H2,1-3H3/t13-,14-,16+/m0/s1. The van der Waals surface area contributed by atoms with Gasteiger partial charge in [0.05, 0.1) is 10.6 Å². The summed E-state index contributed by atoms with van der Waals surface area (Å²) in [6.07, 6.45) is 0.00578. The highest BCUT2D eigenvalue weighted by molar-refractivity contribution is 7.05. The average Bonchev–Trinajstić information content (AvgIpc) is 3.08. The highest BCUT2D eigenvalue weighted by Crippen LogP contribution is 2.35. The Morgan fingerprint density at radius 2 is 2.14 bits per heavy atom. The summed E-state index contributed by atoms with van der Waals surface area (Å²) in [5.74, 6) is 0.178. The minimum absolute atomic E-state index is 0.0681. The van der Waals surface area contributed by atoms with Crippen LogP contribution in [0.15, 0.2) is 16.9 Å². The van der Waals surface area contributed by atoms with Gasteiger partial charge in [0.2, 0.25) is 0 Å². The Balaban J connectivity index is 1.52. The molecule has 0 radical (unpaired) electrons. The molecule has 4 heterocycles. The summed E-state index contributed by atoms with van der Waals surface area (Å²) in [5.41, 5.74) is 2.79. The van der Waals surface area contributed by atoms with E-state index in [1.54, 1.807) is 4.90 Å². The van der Waals surface area contributed by atoms with Crippen LogP contribution in [0.5, 0.6) is 0 Å². The SMILES string of the molecule is Cc1nnsc1CN(C)Cc1ccc2n(c1=O)C[C@H]1C[C@@H]2CN(C(=O)[C@H](C)O)C1. The van der Waals surface area contributed by atoms with Crippen molar-refractivity contribution in [3.05, 3.63) is 44.3 Å². The first-order valence-electron chi connectivity index (χ1n) is 9.99. The van der Waals surface area contributed by atoms with Gasteiger partial charge in [0.15, 0.2) is 0 Å². The first-order chi connectivity index (χ1) is 13.8. The van der Waals surface area contributed by atoms with Crippen LogP contribution < -0.4 is 5.56 Å². The molecule has 1 N–H and O–H groups in total. The highest BCUT2D eigenvalue weighted by Gasteiger charge is 2.37. The minimum atomic E-state index is -0.980. The van der Waals surface area contributed by atoms with Gasteiger partial charge >= 0.3 is 0 Å². The van der Waals surface area contributed by atoms with Gasteiger partial charge in [0.1, 0.15) is 6.10 Å². The lowest BCUT2D eigenvalue weighted by molar-refractivity contribution is -0.142. The van der Waals surface area contributed by atoms with Gasteiger partial charge in [0, 0.05) is 49.9 Å². The summed E-state index contributed by atoms with van der Waals surface area (Å²) in [6, 6.07) is 3.97. The van der Waals surface area contributed by atoms with Gasteiger partial charge in [-0.3, -0.25) is 14.5 Å². The van der Waals surface area contributed by atoms with Gasteiger partial charge < -0.3 is 14.6 Å². The molecule has 0 saturated carbocycles. The molecule has 1 fully saturated rings. The Labute approximate surface area is 173 Å². The Morgan fingerprint density at radius 1 is 1.34 bits per heavy atom. The molecule has 4 rings (SSSR count). The molecular weight excluding hydrogens is 390 g/mol. The normalized spacial score (nSPS) is 21.9. The molecule has 0 unspecified atom stereocenters. The van der Waals surface area contributed by atoms with Crippen LogP contribution in [0, 0.1) is 12.8 Å². The van der Waals surface area contributed by atoms with E-state index >= 15 is 0 Å². The quantitative estimate of drug-likeness (QED) is 0.779. The predicted octanol–water partition coefficient (Wildman–Crippen LogP) is 0.967. The number of aromatic nitrogens is 3. The van der Waals surface area contributed by atoms with Crippen molar-refractivity contribution in [3.63, 3.8) is 0 Å². The molecule has 2 aromatic heterocycles. The number of fused-ring (bicyclic) bond motifs is 4. The molecule has 2 aromatic rings. The van der Waals surface area contributed by atoms with E-state index in [1.165, 1.54) is 18.5 Å². The zero-order valence-corrected chi connectivity index (χ0v) is 17.9. The van der Waals surface area contributed by atoms with Crippen molar-refractivity contribution in [1.82, 2.24) is 24.0 Å². The molecule has 3 atom stereocenters. The summed E-state index contributed by atoms with van der Waals surface area (Å²) in [5, 5.41) is 13.7. The fraction of sp³-hybridized carbons (Fsp3) is 0.600. The number of likely N-dealkylation sites (tertiary alicyclic amines) is 1. The number of nitrogens with zero attached hydrogens (tertiary/aromatic N) is 5. The van der Waals surface area contributed by atoms with Crippen molar-refractivity contribution in [2.24, 2.45) is 5.92 Å². The third kappa shape index (κ3) is 3.99. The number of piperidine rings is 1. The third-order valence-electron chi connectivity index (χ3n) is 5.95. The van der Waals surface area contributed by atoms with Gasteiger partial charge in [-0.25, -0.2) is 0 Å². The van der Waals surface area contributed by atoms with Crippen molar-refractivity contribution in [2.45, 2.75) is 51.9 Å². The number of aliphatic hydroxyl groups excluding tert-OH is 1. The van der Waals surface area contributed by atoms with Gasteiger partial charge in [0.25, 0.3) is 11.5 Å². The molecule has 2 bridgehead atoms. The van der Waals surface area contributed by atoms with Crippen molar-refractivity contribution in [1.29, 1.82) is 0 Å². The van der Waals surface area contributed by atoms with Crippen LogP contribution in [0.2, 0.25) is 0 Å². The van der Waals surface area contributed by atoms with Crippen LogP contribution in [0.3, 0.4) is 0 Å². The lowest BCUT2D eigenvalue weighted by atomic mass is 9.82. The molecule has 8 nitrogen and oxygen atoms in total. The lowest BCUT2D eigenvalue weighted by Gasteiger charge is -2.43. The Morgan fingerprint density at radius 3 is 2.83 bits per heavy atom. The summed E-state index contributed by atoms with van der Waals surface area (Å²) in [7, 11) is 2.00. The van der Waals surface area contributed by atoms with Crippen molar-refractivity contribution in [2.75, 3.05) is 20.1 Å². The molecule has 2 aliphatic heterocycles. The Kier molecular flexibility index (Phi) is 5.54. The molecular formula is C20H27N5O3S. The lowest BCUT2D eigenvalue weighted by Crippen LogP contribution is -2.51. The molecule has 0 aliphatic carbocycles. The van der Waals surface area contributed by atoms with Gasteiger partial charge in [-0.2, -0.15) is 0 Å². The van der Waals surface area contributed by atoms with E-state index in [9.17, 15) is 14.7 Å². The first-order valence-corrected chi connectivity index (χ1v) is 10.8. The van der Waals surface area contributed by atoms with E-state index in [1.807, 2.05) is 30.7 Å². The Bertz CT molecular complexity index is 969. The van der Waals surface area contributed by atoms with Crippen LogP contribution in [-0.2, 0) is 24.4 Å². The second-order valence-corrected chi connectivity index (χ2v) is 9.21. The van der Waals surface area contributed by atoms with E-state index in [4.69, 9.17) is 0 Å².